The SMILES string of the molecule is CC1=NC=NC2C1C=CN2C(C)(C)C. The fourth-order valence-corrected chi connectivity index (χ4v) is 1.96. The first-order valence-corrected chi connectivity index (χ1v) is 5.03. The maximum absolute atomic E-state index is 4.44. The lowest BCUT2D eigenvalue weighted by atomic mass is 9.99. The molecule has 2 rings (SSSR count). The van der Waals surface area contributed by atoms with Crippen molar-refractivity contribution < 1.29 is 0 Å². The summed E-state index contributed by atoms with van der Waals surface area (Å²) >= 11 is 0. The third kappa shape index (κ3) is 1.37. The van der Waals surface area contributed by atoms with E-state index in [0.717, 1.165) is 5.71 Å². The molecule has 0 N–H and O–H groups in total. The Balaban J connectivity index is 2.27. The van der Waals surface area contributed by atoms with E-state index in [1.54, 1.807) is 6.34 Å². The Morgan fingerprint density at radius 3 is 2.71 bits per heavy atom. The second kappa shape index (κ2) is 2.94. The lowest BCUT2D eigenvalue weighted by molar-refractivity contribution is 0.154. The fourth-order valence-electron chi connectivity index (χ4n) is 1.96. The topological polar surface area (TPSA) is 28.0 Å². The Labute approximate surface area is 85.2 Å². The highest BCUT2D eigenvalue weighted by Crippen LogP contribution is 2.31. The summed E-state index contributed by atoms with van der Waals surface area (Å²) in [6, 6.07) is 0. The van der Waals surface area contributed by atoms with Crippen LogP contribution in [0.2, 0.25) is 0 Å². The van der Waals surface area contributed by atoms with Crippen LogP contribution >= 0.6 is 0 Å². The largest absolute Gasteiger partial charge is 0.351 e. The average Bonchev–Trinajstić information content (AvgIpc) is 2.47. The molecule has 0 aromatic heterocycles. The Kier molecular flexibility index (Phi) is 1.98. The van der Waals surface area contributed by atoms with Gasteiger partial charge in [0.1, 0.15) is 12.5 Å². The highest BCUT2D eigenvalue weighted by molar-refractivity contribution is 5.94. The molecule has 2 aliphatic heterocycles. The van der Waals surface area contributed by atoms with Crippen LogP contribution in [0, 0.1) is 5.92 Å². The molecular formula is C11H17N3. The number of nitrogens with zero attached hydrogens (tertiary/aromatic N) is 3. The van der Waals surface area contributed by atoms with Crippen molar-refractivity contribution in [2.24, 2.45) is 15.9 Å². The third-order valence-corrected chi connectivity index (χ3v) is 2.80. The number of rotatable bonds is 0. The van der Waals surface area contributed by atoms with E-state index >= 15 is 0 Å². The number of hydrogen-bond donors (Lipinski definition) is 0. The van der Waals surface area contributed by atoms with Crippen LogP contribution < -0.4 is 0 Å². The first kappa shape index (κ1) is 9.44. The molecule has 76 valence electrons. The van der Waals surface area contributed by atoms with E-state index in [-0.39, 0.29) is 11.7 Å². The lowest BCUT2D eigenvalue weighted by Gasteiger charge is -2.38. The van der Waals surface area contributed by atoms with E-state index in [0.29, 0.717) is 5.92 Å². The molecule has 0 amide bonds. The van der Waals surface area contributed by atoms with Gasteiger partial charge in [0.15, 0.2) is 0 Å². The van der Waals surface area contributed by atoms with Gasteiger partial charge in [0.25, 0.3) is 0 Å². The molecule has 0 aromatic rings. The van der Waals surface area contributed by atoms with Crippen molar-refractivity contribution in [3.8, 4) is 0 Å². The minimum absolute atomic E-state index is 0.130. The minimum Gasteiger partial charge on any atom is -0.351 e. The van der Waals surface area contributed by atoms with Crippen molar-refractivity contribution >= 4 is 12.1 Å². The second-order valence-corrected chi connectivity index (χ2v) is 4.89. The zero-order chi connectivity index (χ0) is 10.3. The van der Waals surface area contributed by atoms with Gasteiger partial charge in [0, 0.05) is 11.3 Å². The monoisotopic (exact) mass is 191 g/mol. The maximum Gasteiger partial charge on any atom is 0.134 e. The van der Waals surface area contributed by atoms with E-state index in [9.17, 15) is 0 Å². The van der Waals surface area contributed by atoms with Crippen molar-refractivity contribution in [1.29, 1.82) is 0 Å². The zero-order valence-electron chi connectivity index (χ0n) is 9.23. The van der Waals surface area contributed by atoms with Crippen LogP contribution in [-0.2, 0) is 0 Å². The predicted molar refractivity (Wildman–Crippen MR) is 59.6 cm³/mol. The lowest BCUT2D eigenvalue weighted by Crippen LogP contribution is -2.45. The average molecular weight is 191 g/mol. The van der Waals surface area contributed by atoms with Gasteiger partial charge in [-0.1, -0.05) is 6.08 Å². The van der Waals surface area contributed by atoms with E-state index in [1.807, 2.05) is 0 Å². The minimum atomic E-state index is 0.130. The molecule has 0 saturated heterocycles. The zero-order valence-corrected chi connectivity index (χ0v) is 9.23. The molecule has 0 spiro atoms. The van der Waals surface area contributed by atoms with E-state index < -0.39 is 0 Å². The molecule has 3 heteroatoms. The first-order chi connectivity index (χ1) is 6.50. The van der Waals surface area contributed by atoms with Crippen LogP contribution in [0.4, 0.5) is 0 Å². The van der Waals surface area contributed by atoms with Gasteiger partial charge in [-0.25, -0.2) is 9.98 Å². The summed E-state index contributed by atoms with van der Waals surface area (Å²) in [4.78, 5) is 11.0. The summed E-state index contributed by atoms with van der Waals surface area (Å²) in [6.07, 6.45) is 6.26. The molecule has 2 atom stereocenters. The van der Waals surface area contributed by atoms with E-state index in [4.69, 9.17) is 0 Å². The van der Waals surface area contributed by atoms with Crippen molar-refractivity contribution in [3.05, 3.63) is 12.3 Å². The molecule has 3 nitrogen and oxygen atoms in total. The van der Waals surface area contributed by atoms with Gasteiger partial charge in [-0.05, 0) is 33.9 Å². The molecule has 2 unspecified atom stereocenters. The molecule has 14 heavy (non-hydrogen) atoms. The van der Waals surface area contributed by atoms with Gasteiger partial charge in [0.2, 0.25) is 0 Å². The van der Waals surface area contributed by atoms with Gasteiger partial charge < -0.3 is 4.90 Å². The van der Waals surface area contributed by atoms with Crippen molar-refractivity contribution in [2.75, 3.05) is 0 Å². The van der Waals surface area contributed by atoms with E-state index in [2.05, 4.69) is 54.9 Å². The standard InChI is InChI=1S/C11H17N3/c1-8-9-5-6-14(11(2,3)4)10(9)13-7-12-8/h5-7,9-10H,1-4H3. The Bertz CT molecular complexity index is 320. The molecule has 0 aromatic carbocycles. The summed E-state index contributed by atoms with van der Waals surface area (Å²) in [5.41, 5.74) is 1.29. The molecule has 0 fully saturated rings. The van der Waals surface area contributed by atoms with Gasteiger partial charge in [-0.2, -0.15) is 0 Å². The van der Waals surface area contributed by atoms with Crippen LogP contribution in [0.5, 0.6) is 0 Å². The Morgan fingerprint density at radius 1 is 1.36 bits per heavy atom. The second-order valence-electron chi connectivity index (χ2n) is 4.89. The van der Waals surface area contributed by atoms with Gasteiger partial charge >= 0.3 is 0 Å². The van der Waals surface area contributed by atoms with Gasteiger partial charge in [-0.3, -0.25) is 0 Å². The van der Waals surface area contributed by atoms with Crippen LogP contribution in [-0.4, -0.2) is 28.7 Å². The highest BCUT2D eigenvalue weighted by atomic mass is 15.3. The van der Waals surface area contributed by atoms with Crippen LogP contribution in [0.1, 0.15) is 27.7 Å². The number of aliphatic imine (C=N–C) groups is 2. The molecule has 0 bridgehead atoms. The molecule has 0 saturated carbocycles. The van der Waals surface area contributed by atoms with Crippen LogP contribution in [0.15, 0.2) is 22.3 Å². The summed E-state index contributed by atoms with van der Waals surface area (Å²) in [7, 11) is 0. The molecule has 2 aliphatic rings. The fraction of sp³-hybridized carbons (Fsp3) is 0.636. The third-order valence-electron chi connectivity index (χ3n) is 2.80. The highest BCUT2D eigenvalue weighted by Gasteiger charge is 2.37. The predicted octanol–water partition coefficient (Wildman–Crippen LogP) is 2.06. The van der Waals surface area contributed by atoms with Crippen LogP contribution in [0.3, 0.4) is 0 Å². The molecular weight excluding hydrogens is 174 g/mol. The Hall–Kier alpha value is -1.12. The summed E-state index contributed by atoms with van der Waals surface area (Å²) in [6.45, 7) is 8.68. The summed E-state index contributed by atoms with van der Waals surface area (Å²) in [5, 5.41) is 0. The van der Waals surface area contributed by atoms with Crippen molar-refractivity contribution in [1.82, 2.24) is 4.90 Å². The molecule has 2 heterocycles. The first-order valence-electron chi connectivity index (χ1n) is 5.03. The van der Waals surface area contributed by atoms with Crippen molar-refractivity contribution in [3.63, 3.8) is 0 Å². The Morgan fingerprint density at radius 2 is 2.07 bits per heavy atom. The molecule has 0 radical (unpaired) electrons. The smallest absolute Gasteiger partial charge is 0.134 e. The van der Waals surface area contributed by atoms with Crippen molar-refractivity contribution in [2.45, 2.75) is 39.4 Å². The van der Waals surface area contributed by atoms with Gasteiger partial charge in [0.05, 0.1) is 5.92 Å². The normalized spacial score (nSPS) is 30.6. The number of hydrogen-bond acceptors (Lipinski definition) is 3. The summed E-state index contributed by atoms with van der Waals surface area (Å²) < 4.78 is 0. The number of fused-ring (bicyclic) bond motifs is 1. The van der Waals surface area contributed by atoms with E-state index in [1.165, 1.54) is 0 Å². The van der Waals surface area contributed by atoms with Gasteiger partial charge in [-0.15, -0.1) is 0 Å². The quantitative estimate of drug-likeness (QED) is 0.576. The van der Waals surface area contributed by atoms with Crippen LogP contribution in [0.25, 0.3) is 0 Å². The molecule has 0 aliphatic carbocycles. The maximum atomic E-state index is 4.44. The summed E-state index contributed by atoms with van der Waals surface area (Å²) in [5.74, 6) is 0.374.